The molecule has 5 nitrogen and oxygen atoms in total. The molecule has 0 aliphatic heterocycles. The number of hydrogen-bond acceptors (Lipinski definition) is 3. The minimum absolute atomic E-state index is 0.434. The molecule has 0 spiro atoms. The summed E-state index contributed by atoms with van der Waals surface area (Å²) in [6.07, 6.45) is 3.62. The van der Waals surface area contributed by atoms with Crippen LogP contribution in [0.5, 0.6) is 0 Å². The first-order chi connectivity index (χ1) is 8.66. The van der Waals surface area contributed by atoms with Crippen LogP contribution in [0.4, 0.5) is 0 Å². The molecular weight excluding hydrogens is 250 g/mol. The van der Waals surface area contributed by atoms with E-state index in [1.807, 2.05) is 47.8 Å². The van der Waals surface area contributed by atoms with Crippen molar-refractivity contribution in [3.05, 3.63) is 35.9 Å². The van der Waals surface area contributed by atoms with Gasteiger partial charge in [0.1, 0.15) is 5.69 Å². The largest absolute Gasteiger partial charge is 0.307 e. The predicted octanol–water partition coefficient (Wildman–Crippen LogP) is 1.51. The molecule has 3 heterocycles. The molecule has 6 heteroatoms. The van der Waals surface area contributed by atoms with Crippen LogP contribution < -0.4 is 4.57 Å². The third kappa shape index (κ3) is 1.64. The fourth-order valence-electron chi connectivity index (χ4n) is 1.95. The van der Waals surface area contributed by atoms with Gasteiger partial charge >= 0.3 is 5.65 Å². The van der Waals surface area contributed by atoms with E-state index in [2.05, 4.69) is 15.0 Å². The Balaban J connectivity index is 2.31. The van der Waals surface area contributed by atoms with E-state index in [-0.39, 0.29) is 0 Å². The number of hydrogen-bond donors (Lipinski definition) is 0. The number of pyridine rings is 1. The molecular formula is C12H11ClN5+. The Hall–Kier alpha value is -2.01. The summed E-state index contributed by atoms with van der Waals surface area (Å²) in [5, 5.41) is 0.434. The second-order valence-corrected chi connectivity index (χ2v) is 4.42. The highest BCUT2D eigenvalue weighted by Crippen LogP contribution is 2.21. The number of rotatable bonds is 1. The molecule has 0 bridgehead atoms. The summed E-state index contributed by atoms with van der Waals surface area (Å²) in [7, 11) is 3.84. The molecule has 0 saturated heterocycles. The smallest absolute Gasteiger partial charge is 0.260 e. The molecule has 0 atom stereocenters. The lowest BCUT2D eigenvalue weighted by Crippen LogP contribution is -2.26. The van der Waals surface area contributed by atoms with Gasteiger partial charge in [-0.1, -0.05) is 22.7 Å². The van der Waals surface area contributed by atoms with Crippen molar-refractivity contribution in [1.29, 1.82) is 0 Å². The minimum Gasteiger partial charge on any atom is -0.260 e. The lowest BCUT2D eigenvalue weighted by atomic mass is 10.3. The monoisotopic (exact) mass is 260 g/mol. The Kier molecular flexibility index (Phi) is 2.48. The maximum absolute atomic E-state index is 6.22. The highest BCUT2D eigenvalue weighted by atomic mass is 35.5. The van der Waals surface area contributed by atoms with Crippen LogP contribution in [-0.2, 0) is 14.1 Å². The molecule has 0 radical (unpaired) electrons. The van der Waals surface area contributed by atoms with Crippen LogP contribution in [0.1, 0.15) is 0 Å². The van der Waals surface area contributed by atoms with Gasteiger partial charge < -0.3 is 0 Å². The molecule has 0 aliphatic carbocycles. The molecule has 3 aromatic heterocycles. The Bertz CT molecular complexity index is 720. The van der Waals surface area contributed by atoms with Gasteiger partial charge in [-0.15, -0.1) is 0 Å². The molecule has 90 valence electrons. The van der Waals surface area contributed by atoms with Crippen LogP contribution in [-0.4, -0.2) is 19.5 Å². The Labute approximate surface area is 109 Å². The average molecular weight is 261 g/mol. The van der Waals surface area contributed by atoms with Gasteiger partial charge in [0, 0.05) is 6.20 Å². The summed E-state index contributed by atoms with van der Waals surface area (Å²) in [6.45, 7) is 0. The minimum atomic E-state index is 0.434. The van der Waals surface area contributed by atoms with Crippen LogP contribution in [0.2, 0.25) is 5.15 Å². The molecule has 0 aromatic carbocycles. The average Bonchev–Trinajstić information content (AvgIpc) is 2.66. The molecule has 0 amide bonds. The fourth-order valence-corrected chi connectivity index (χ4v) is 2.25. The first-order valence-corrected chi connectivity index (χ1v) is 5.84. The van der Waals surface area contributed by atoms with E-state index < -0.39 is 0 Å². The van der Waals surface area contributed by atoms with Crippen LogP contribution in [0.3, 0.4) is 0 Å². The van der Waals surface area contributed by atoms with Crippen molar-refractivity contribution < 1.29 is 4.57 Å². The van der Waals surface area contributed by atoms with Crippen molar-refractivity contribution in [1.82, 2.24) is 19.5 Å². The van der Waals surface area contributed by atoms with Gasteiger partial charge in [-0.3, -0.25) is 9.55 Å². The second-order valence-electron chi connectivity index (χ2n) is 4.06. The number of halogens is 1. The normalized spacial score (nSPS) is 11.1. The topological polar surface area (TPSA) is 47.5 Å². The quantitative estimate of drug-likeness (QED) is 0.492. The van der Waals surface area contributed by atoms with Gasteiger partial charge in [0.05, 0.1) is 14.1 Å². The molecule has 0 N–H and O–H groups in total. The van der Waals surface area contributed by atoms with E-state index in [9.17, 15) is 0 Å². The van der Waals surface area contributed by atoms with Crippen molar-refractivity contribution in [3.63, 3.8) is 0 Å². The summed E-state index contributed by atoms with van der Waals surface area (Å²) < 4.78 is 3.81. The van der Waals surface area contributed by atoms with Gasteiger partial charge in [0.25, 0.3) is 5.82 Å². The Morgan fingerprint density at radius 1 is 1.28 bits per heavy atom. The number of nitrogens with zero attached hydrogens (tertiary/aromatic N) is 5. The molecule has 0 fully saturated rings. The number of fused-ring (bicyclic) bond motifs is 1. The number of imidazole rings is 1. The van der Waals surface area contributed by atoms with Gasteiger partial charge in [0.15, 0.2) is 11.5 Å². The molecule has 0 aliphatic rings. The second kappa shape index (κ2) is 4.03. The van der Waals surface area contributed by atoms with E-state index in [0.29, 0.717) is 16.7 Å². The zero-order valence-corrected chi connectivity index (χ0v) is 10.8. The van der Waals surface area contributed by atoms with Gasteiger partial charge in [0.2, 0.25) is 5.52 Å². The van der Waals surface area contributed by atoms with Crippen molar-refractivity contribution >= 4 is 22.8 Å². The van der Waals surface area contributed by atoms with Crippen molar-refractivity contribution in [2.24, 2.45) is 14.1 Å². The van der Waals surface area contributed by atoms with Gasteiger partial charge in [-0.25, -0.2) is 4.57 Å². The van der Waals surface area contributed by atoms with Crippen molar-refractivity contribution in [2.45, 2.75) is 0 Å². The van der Waals surface area contributed by atoms with E-state index >= 15 is 0 Å². The summed E-state index contributed by atoms with van der Waals surface area (Å²) in [6, 6.07) is 5.61. The van der Waals surface area contributed by atoms with Gasteiger partial charge in [-0.05, 0) is 12.1 Å². The van der Waals surface area contributed by atoms with Crippen LogP contribution in [0.25, 0.3) is 22.7 Å². The SMILES string of the molecule is Cn1c[n+](C)c2nc(-c3ccccn3)nc(Cl)c21. The maximum atomic E-state index is 6.22. The van der Waals surface area contributed by atoms with E-state index in [1.54, 1.807) is 6.20 Å². The van der Waals surface area contributed by atoms with E-state index in [1.165, 1.54) is 0 Å². The fraction of sp³-hybridized carbons (Fsp3) is 0.167. The zero-order chi connectivity index (χ0) is 12.7. The lowest BCUT2D eigenvalue weighted by molar-refractivity contribution is -0.647. The summed E-state index contributed by atoms with van der Waals surface area (Å²) in [5.41, 5.74) is 2.32. The lowest BCUT2D eigenvalue weighted by Gasteiger charge is -1.96. The van der Waals surface area contributed by atoms with Crippen molar-refractivity contribution in [3.8, 4) is 11.5 Å². The summed E-state index contributed by atoms with van der Waals surface area (Å²) in [5.74, 6) is 0.537. The number of aromatic nitrogens is 5. The van der Waals surface area contributed by atoms with Crippen LogP contribution in [0, 0.1) is 0 Å². The highest BCUT2D eigenvalue weighted by Gasteiger charge is 2.20. The molecule has 18 heavy (non-hydrogen) atoms. The number of aryl methyl sites for hydroxylation is 2. The van der Waals surface area contributed by atoms with E-state index in [0.717, 1.165) is 11.2 Å². The van der Waals surface area contributed by atoms with Gasteiger partial charge in [-0.2, -0.15) is 4.98 Å². The van der Waals surface area contributed by atoms with Crippen molar-refractivity contribution in [2.75, 3.05) is 0 Å². The third-order valence-corrected chi connectivity index (χ3v) is 3.01. The molecule has 0 unspecified atom stereocenters. The first kappa shape index (κ1) is 11.1. The molecule has 3 rings (SSSR count). The van der Waals surface area contributed by atoms with E-state index in [4.69, 9.17) is 11.6 Å². The third-order valence-electron chi connectivity index (χ3n) is 2.75. The summed E-state index contributed by atoms with van der Waals surface area (Å²) >= 11 is 6.22. The Morgan fingerprint density at radius 3 is 2.83 bits per heavy atom. The maximum Gasteiger partial charge on any atom is 0.307 e. The standard InChI is InChI=1S/C12H11ClN5/c1-17-7-18(2)12-9(17)10(13)15-11(16-12)8-5-3-4-6-14-8/h3-7H,1-2H3/q+1. The predicted molar refractivity (Wildman–Crippen MR) is 67.9 cm³/mol. The first-order valence-electron chi connectivity index (χ1n) is 5.46. The zero-order valence-electron chi connectivity index (χ0n) is 10.0. The van der Waals surface area contributed by atoms with Crippen LogP contribution >= 0.6 is 11.6 Å². The Morgan fingerprint density at radius 2 is 2.11 bits per heavy atom. The van der Waals surface area contributed by atoms with Crippen LogP contribution in [0.15, 0.2) is 30.7 Å². The molecule has 3 aromatic rings. The molecule has 0 saturated carbocycles. The highest BCUT2D eigenvalue weighted by molar-refractivity contribution is 6.33. The summed E-state index contributed by atoms with van der Waals surface area (Å²) in [4.78, 5) is 13.0.